The van der Waals surface area contributed by atoms with Gasteiger partial charge in [-0.25, -0.2) is 9.86 Å². The molecule has 0 aromatic heterocycles. The lowest BCUT2D eigenvalue weighted by atomic mass is 9.81. The second-order valence-corrected chi connectivity index (χ2v) is 3.29. The number of amides is 2. The largest absolute Gasteiger partial charge is 0.341 e. The van der Waals surface area contributed by atoms with E-state index in [2.05, 4.69) is 12.2 Å². The van der Waals surface area contributed by atoms with Crippen LogP contribution in [0.15, 0.2) is 0 Å². The van der Waals surface area contributed by atoms with Gasteiger partial charge < -0.3 is 5.32 Å². The highest BCUT2D eigenvalue weighted by Gasteiger charge is 2.28. The quantitative estimate of drug-likeness (QED) is 0.631. The van der Waals surface area contributed by atoms with Crippen LogP contribution in [0, 0.1) is 5.92 Å². The van der Waals surface area contributed by atoms with Crippen LogP contribution < -0.4 is 5.32 Å². The summed E-state index contributed by atoms with van der Waals surface area (Å²) in [4.78, 5) is 16.0. The summed E-state index contributed by atoms with van der Waals surface area (Å²) in [6.07, 6.45) is 2.30. The first-order chi connectivity index (χ1) is 5.65. The highest BCUT2D eigenvalue weighted by atomic mass is 16.7. The normalized spacial score (nSPS) is 27.6. The minimum atomic E-state index is -0.158. The zero-order valence-corrected chi connectivity index (χ0v) is 7.83. The number of nitrogens with zero attached hydrogens (tertiary/aromatic N) is 1. The van der Waals surface area contributed by atoms with Gasteiger partial charge >= 0.3 is 6.03 Å². The third kappa shape index (κ3) is 1.88. The van der Waals surface area contributed by atoms with E-state index in [0.717, 1.165) is 6.42 Å². The molecule has 70 valence electrons. The average molecular weight is 172 g/mol. The minimum Gasteiger partial charge on any atom is -0.333 e. The second kappa shape index (κ2) is 3.76. The Bertz CT molecular complexity index is 172. The maximum absolute atomic E-state index is 11.2. The molecule has 1 aliphatic rings. The number of carbonyl (C=O) groups is 1. The van der Waals surface area contributed by atoms with Gasteiger partial charge in [-0.15, -0.1) is 0 Å². The fourth-order valence-electron chi connectivity index (χ4n) is 1.21. The molecule has 1 fully saturated rings. The molecule has 4 nitrogen and oxygen atoms in total. The molecule has 0 aliphatic heterocycles. The zero-order valence-electron chi connectivity index (χ0n) is 7.83. The number of nitrogens with one attached hydrogen (secondary N) is 1. The lowest BCUT2D eigenvalue weighted by Crippen LogP contribution is -2.49. The summed E-state index contributed by atoms with van der Waals surface area (Å²) in [6.45, 7) is 2.14. The summed E-state index contributed by atoms with van der Waals surface area (Å²) in [6, 6.07) is 0.184. The Morgan fingerprint density at radius 3 is 2.58 bits per heavy atom. The van der Waals surface area contributed by atoms with Crippen LogP contribution in [-0.4, -0.2) is 31.3 Å². The molecule has 12 heavy (non-hydrogen) atoms. The van der Waals surface area contributed by atoms with Gasteiger partial charge in [-0.05, 0) is 18.8 Å². The molecule has 1 N–H and O–H groups in total. The molecule has 4 heteroatoms. The van der Waals surface area contributed by atoms with Gasteiger partial charge in [-0.1, -0.05) is 6.92 Å². The van der Waals surface area contributed by atoms with Gasteiger partial charge in [0.05, 0.1) is 7.11 Å². The Morgan fingerprint density at radius 2 is 2.25 bits per heavy atom. The SMILES string of the molecule is CON(C)C(=O)NC1CCC1C. The lowest BCUT2D eigenvalue weighted by Gasteiger charge is -2.35. The Hall–Kier alpha value is -0.770. The van der Waals surface area contributed by atoms with Crippen LogP contribution in [0.3, 0.4) is 0 Å². The molecule has 1 saturated carbocycles. The van der Waals surface area contributed by atoms with E-state index in [9.17, 15) is 4.79 Å². The van der Waals surface area contributed by atoms with Crippen molar-refractivity contribution in [2.24, 2.45) is 5.92 Å². The van der Waals surface area contributed by atoms with Gasteiger partial charge in [0.2, 0.25) is 0 Å². The molecule has 0 radical (unpaired) electrons. The molecule has 0 spiro atoms. The number of hydroxylamine groups is 2. The molecule has 0 aromatic rings. The van der Waals surface area contributed by atoms with Crippen LogP contribution in [0.5, 0.6) is 0 Å². The fourth-order valence-corrected chi connectivity index (χ4v) is 1.21. The number of urea groups is 1. The number of hydrogen-bond donors (Lipinski definition) is 1. The first-order valence-electron chi connectivity index (χ1n) is 4.23. The summed E-state index contributed by atoms with van der Waals surface area (Å²) in [5.74, 6) is 0.610. The van der Waals surface area contributed by atoms with Crippen molar-refractivity contribution in [3.8, 4) is 0 Å². The molecule has 0 saturated heterocycles. The fraction of sp³-hybridized carbons (Fsp3) is 0.875. The van der Waals surface area contributed by atoms with Crippen molar-refractivity contribution in [2.75, 3.05) is 14.2 Å². The molecule has 0 bridgehead atoms. The van der Waals surface area contributed by atoms with E-state index in [1.807, 2.05) is 0 Å². The zero-order chi connectivity index (χ0) is 9.14. The summed E-state index contributed by atoms with van der Waals surface area (Å²) in [5, 5.41) is 4.08. The number of hydrogen-bond acceptors (Lipinski definition) is 2. The third-order valence-electron chi connectivity index (χ3n) is 2.49. The van der Waals surface area contributed by atoms with Crippen molar-refractivity contribution < 1.29 is 9.63 Å². The first kappa shape index (κ1) is 9.32. The van der Waals surface area contributed by atoms with Gasteiger partial charge in [-0.2, -0.15) is 0 Å². The van der Waals surface area contributed by atoms with Gasteiger partial charge in [0.1, 0.15) is 0 Å². The second-order valence-electron chi connectivity index (χ2n) is 3.29. The monoisotopic (exact) mass is 172 g/mol. The summed E-state index contributed by atoms with van der Waals surface area (Å²) >= 11 is 0. The van der Waals surface area contributed by atoms with Crippen molar-refractivity contribution in [3.63, 3.8) is 0 Å². The van der Waals surface area contributed by atoms with Crippen LogP contribution in [0.1, 0.15) is 19.8 Å². The Balaban J connectivity index is 2.26. The van der Waals surface area contributed by atoms with E-state index in [4.69, 9.17) is 4.84 Å². The molecular formula is C8H16N2O2. The van der Waals surface area contributed by atoms with Crippen molar-refractivity contribution in [2.45, 2.75) is 25.8 Å². The van der Waals surface area contributed by atoms with E-state index in [-0.39, 0.29) is 6.03 Å². The summed E-state index contributed by atoms with van der Waals surface area (Å²) in [5.41, 5.74) is 0. The van der Waals surface area contributed by atoms with Crippen LogP contribution >= 0.6 is 0 Å². The third-order valence-corrected chi connectivity index (χ3v) is 2.49. The number of carbonyl (C=O) groups excluding carboxylic acids is 1. The van der Waals surface area contributed by atoms with Crippen molar-refractivity contribution in [1.82, 2.24) is 10.4 Å². The molecule has 2 amide bonds. The standard InChI is InChI=1S/C8H16N2O2/c1-6-4-5-7(6)9-8(11)10(2)12-3/h6-7H,4-5H2,1-3H3,(H,9,11). The van der Waals surface area contributed by atoms with Crippen molar-refractivity contribution >= 4 is 6.03 Å². The lowest BCUT2D eigenvalue weighted by molar-refractivity contribution is -0.0669. The van der Waals surface area contributed by atoms with E-state index in [1.54, 1.807) is 7.05 Å². The molecule has 2 unspecified atom stereocenters. The highest BCUT2D eigenvalue weighted by molar-refractivity contribution is 5.73. The molecular weight excluding hydrogens is 156 g/mol. The van der Waals surface area contributed by atoms with Gasteiger partial charge in [0, 0.05) is 13.1 Å². The van der Waals surface area contributed by atoms with Crippen LogP contribution in [0.25, 0.3) is 0 Å². The van der Waals surface area contributed by atoms with Gasteiger partial charge in [-0.3, -0.25) is 4.84 Å². The minimum absolute atomic E-state index is 0.158. The van der Waals surface area contributed by atoms with E-state index in [1.165, 1.54) is 18.6 Å². The maximum Gasteiger partial charge on any atom is 0.341 e. The Labute approximate surface area is 72.8 Å². The highest BCUT2D eigenvalue weighted by Crippen LogP contribution is 2.26. The topological polar surface area (TPSA) is 41.6 Å². The smallest absolute Gasteiger partial charge is 0.333 e. The first-order valence-corrected chi connectivity index (χ1v) is 4.23. The van der Waals surface area contributed by atoms with Crippen molar-refractivity contribution in [3.05, 3.63) is 0 Å². The van der Waals surface area contributed by atoms with Crippen LogP contribution in [0.2, 0.25) is 0 Å². The predicted octanol–water partition coefficient (Wildman–Crippen LogP) is 0.988. The summed E-state index contributed by atoms with van der Waals surface area (Å²) in [7, 11) is 3.07. The number of rotatable bonds is 2. The Morgan fingerprint density at radius 1 is 1.58 bits per heavy atom. The van der Waals surface area contributed by atoms with E-state index in [0.29, 0.717) is 12.0 Å². The molecule has 0 heterocycles. The summed E-state index contributed by atoms with van der Waals surface area (Å²) < 4.78 is 0. The van der Waals surface area contributed by atoms with E-state index < -0.39 is 0 Å². The van der Waals surface area contributed by atoms with Crippen LogP contribution in [0.4, 0.5) is 4.79 Å². The molecule has 2 atom stereocenters. The average Bonchev–Trinajstić information content (AvgIpc) is 2.09. The molecule has 1 rings (SSSR count). The van der Waals surface area contributed by atoms with Crippen LogP contribution in [-0.2, 0) is 4.84 Å². The van der Waals surface area contributed by atoms with Gasteiger partial charge in [0.25, 0.3) is 0 Å². The van der Waals surface area contributed by atoms with E-state index >= 15 is 0 Å². The molecule has 1 aliphatic carbocycles. The van der Waals surface area contributed by atoms with Gasteiger partial charge in [0.15, 0.2) is 0 Å². The Kier molecular flexibility index (Phi) is 2.92. The molecule has 0 aromatic carbocycles. The predicted molar refractivity (Wildman–Crippen MR) is 45.5 cm³/mol. The van der Waals surface area contributed by atoms with Crippen molar-refractivity contribution in [1.29, 1.82) is 0 Å². The maximum atomic E-state index is 11.2.